The number of rotatable bonds is 7. The Morgan fingerprint density at radius 3 is 2.33 bits per heavy atom. The van der Waals surface area contributed by atoms with E-state index in [4.69, 9.17) is 0 Å². The highest BCUT2D eigenvalue weighted by Gasteiger charge is 2.17. The quantitative estimate of drug-likeness (QED) is 0.428. The fourth-order valence-corrected chi connectivity index (χ4v) is 4.90. The molecule has 0 aliphatic rings. The van der Waals surface area contributed by atoms with Crippen molar-refractivity contribution >= 4 is 39.9 Å². The lowest BCUT2D eigenvalue weighted by Gasteiger charge is -2.07. The number of nitrogens with one attached hydrogen (secondary N) is 1. The number of thiophene rings is 1. The molecule has 0 aliphatic heterocycles. The van der Waals surface area contributed by atoms with E-state index in [1.165, 1.54) is 35.6 Å². The van der Waals surface area contributed by atoms with E-state index in [-0.39, 0.29) is 22.2 Å². The summed E-state index contributed by atoms with van der Waals surface area (Å²) in [6.07, 6.45) is 3.36. The fourth-order valence-electron chi connectivity index (χ4n) is 2.71. The minimum atomic E-state index is -3.73. The highest BCUT2D eigenvalue weighted by atomic mass is 32.2. The summed E-state index contributed by atoms with van der Waals surface area (Å²) in [5.74, 6) is -0.709. The van der Waals surface area contributed by atoms with E-state index in [2.05, 4.69) is 17.0 Å². The third kappa shape index (κ3) is 4.90. The van der Waals surface area contributed by atoms with Gasteiger partial charge in [-0.1, -0.05) is 12.1 Å². The van der Waals surface area contributed by atoms with E-state index in [0.717, 1.165) is 28.1 Å². The summed E-state index contributed by atoms with van der Waals surface area (Å²) in [7, 11) is -3.73. The average molecular weight is 443 g/mol. The van der Waals surface area contributed by atoms with E-state index in [1.54, 1.807) is 30.5 Å². The minimum Gasteiger partial charge on any atom is -0.347 e. The number of carbonyl (C=O) groups is 1. The van der Waals surface area contributed by atoms with Crippen molar-refractivity contribution in [1.29, 1.82) is 0 Å². The molecule has 1 N–H and O–H groups in total. The molecule has 30 heavy (non-hydrogen) atoms. The number of carbonyl (C=O) groups excluding carboxylic acids is 1. The van der Waals surface area contributed by atoms with Crippen molar-refractivity contribution < 1.29 is 17.6 Å². The first-order valence-corrected chi connectivity index (χ1v) is 11.2. The summed E-state index contributed by atoms with van der Waals surface area (Å²) < 4.78 is 38.3. The van der Waals surface area contributed by atoms with E-state index in [9.17, 15) is 17.6 Å². The first-order valence-electron chi connectivity index (χ1n) is 8.92. The summed E-state index contributed by atoms with van der Waals surface area (Å²) in [5, 5.41) is 2.83. The normalized spacial score (nSPS) is 11.5. The Labute approximate surface area is 178 Å². The molecule has 3 rings (SSSR count). The molecule has 0 aliphatic carbocycles. The molecule has 0 saturated carbocycles. The Hall–Kier alpha value is -3.10. The lowest BCUT2D eigenvalue weighted by atomic mass is 10.2. The molecule has 1 amide bonds. The topological polar surface area (TPSA) is 75.6 Å². The zero-order valence-electron chi connectivity index (χ0n) is 16.1. The van der Waals surface area contributed by atoms with E-state index in [0.29, 0.717) is 4.88 Å². The number of nitrogens with zero attached hydrogens (tertiary/aromatic N) is 1. The minimum absolute atomic E-state index is 0.0227. The van der Waals surface area contributed by atoms with Crippen molar-refractivity contribution in [3.05, 3.63) is 87.5 Å². The van der Waals surface area contributed by atoms with Gasteiger partial charge in [0.15, 0.2) is 0 Å². The molecule has 5 nitrogen and oxygen atoms in total. The molecule has 0 bridgehead atoms. The molecule has 0 spiro atoms. The molecule has 0 radical (unpaired) electrons. The largest absolute Gasteiger partial charge is 0.347 e. The molecule has 154 valence electrons. The van der Waals surface area contributed by atoms with Gasteiger partial charge in [-0.25, -0.2) is 12.8 Å². The zero-order valence-corrected chi connectivity index (χ0v) is 17.8. The Kier molecular flexibility index (Phi) is 6.59. The third-order valence-electron chi connectivity index (χ3n) is 4.35. The molecule has 1 heterocycles. The van der Waals surface area contributed by atoms with Crippen LogP contribution in [0.25, 0.3) is 6.08 Å². The zero-order chi connectivity index (χ0) is 21.7. The first-order chi connectivity index (χ1) is 14.3. The summed E-state index contributed by atoms with van der Waals surface area (Å²) in [6.45, 7) is 5.56. The Morgan fingerprint density at radius 2 is 1.73 bits per heavy atom. The molecule has 0 fully saturated rings. The molecule has 1 aromatic heterocycles. The SMILES string of the molecule is C=N/C=C\c1cc(C(=O)NCc2ccc(S(=O)(=O)c3ccc(F)cc3)cc2)sc1C. The number of benzene rings is 2. The summed E-state index contributed by atoms with van der Waals surface area (Å²) in [5.41, 5.74) is 1.67. The number of amides is 1. The molecule has 3 aromatic rings. The van der Waals surface area contributed by atoms with Gasteiger partial charge in [-0.05, 0) is 73.3 Å². The van der Waals surface area contributed by atoms with E-state index in [1.807, 2.05) is 6.92 Å². The first kappa shape index (κ1) is 21.6. The number of aliphatic imine (C=N–C) groups is 1. The van der Waals surface area contributed by atoms with Gasteiger partial charge >= 0.3 is 0 Å². The van der Waals surface area contributed by atoms with Gasteiger partial charge in [0, 0.05) is 17.6 Å². The van der Waals surface area contributed by atoms with Crippen molar-refractivity contribution in [2.75, 3.05) is 0 Å². The molecule has 8 heteroatoms. The van der Waals surface area contributed by atoms with Gasteiger partial charge in [0.25, 0.3) is 5.91 Å². The third-order valence-corrected chi connectivity index (χ3v) is 7.20. The van der Waals surface area contributed by atoms with Crippen LogP contribution in [0.2, 0.25) is 0 Å². The lowest BCUT2D eigenvalue weighted by Crippen LogP contribution is -2.21. The number of halogens is 1. The van der Waals surface area contributed by atoms with Crippen LogP contribution in [-0.2, 0) is 16.4 Å². The van der Waals surface area contributed by atoms with Crippen molar-refractivity contribution in [1.82, 2.24) is 5.32 Å². The maximum Gasteiger partial charge on any atom is 0.261 e. The molecule has 2 aromatic carbocycles. The van der Waals surface area contributed by atoms with Gasteiger partial charge in [0.2, 0.25) is 9.84 Å². The van der Waals surface area contributed by atoms with Gasteiger partial charge in [-0.15, -0.1) is 11.3 Å². The Morgan fingerprint density at radius 1 is 1.13 bits per heavy atom. The van der Waals surface area contributed by atoms with Crippen LogP contribution >= 0.6 is 11.3 Å². The highest BCUT2D eigenvalue weighted by molar-refractivity contribution is 7.91. The van der Waals surface area contributed by atoms with Crippen LogP contribution in [0.4, 0.5) is 4.39 Å². The molecule has 0 atom stereocenters. The van der Waals surface area contributed by atoms with Gasteiger partial charge in [0.1, 0.15) is 5.82 Å². The maximum atomic E-state index is 13.0. The predicted octanol–water partition coefficient (Wildman–Crippen LogP) is 4.63. The highest BCUT2D eigenvalue weighted by Crippen LogP contribution is 2.24. The number of sulfone groups is 1. The molecule has 0 unspecified atom stereocenters. The van der Waals surface area contributed by atoms with Gasteiger partial charge < -0.3 is 5.32 Å². The average Bonchev–Trinajstić information content (AvgIpc) is 3.11. The van der Waals surface area contributed by atoms with Crippen LogP contribution in [-0.4, -0.2) is 21.0 Å². The summed E-state index contributed by atoms with van der Waals surface area (Å²) in [4.78, 5) is 17.8. The van der Waals surface area contributed by atoms with Gasteiger partial charge in [-0.2, -0.15) is 0 Å². The predicted molar refractivity (Wildman–Crippen MR) is 117 cm³/mol. The van der Waals surface area contributed by atoms with Crippen LogP contribution in [0.5, 0.6) is 0 Å². The van der Waals surface area contributed by atoms with Crippen molar-refractivity contribution in [3.8, 4) is 0 Å². The van der Waals surface area contributed by atoms with Crippen LogP contribution in [0.1, 0.15) is 25.7 Å². The standard InChI is InChI=1S/C22H19FN2O3S2/c1-15-17(11-12-24-2)13-21(29-15)22(26)25-14-16-3-7-19(8-4-16)30(27,28)20-9-5-18(23)6-10-20/h3-13H,2,14H2,1H3,(H,25,26)/b12-11-. The second-order valence-corrected chi connectivity index (χ2v) is 9.61. The van der Waals surface area contributed by atoms with Gasteiger partial charge in [-0.3, -0.25) is 9.79 Å². The van der Waals surface area contributed by atoms with Gasteiger partial charge in [0.05, 0.1) is 14.7 Å². The number of hydrogen-bond donors (Lipinski definition) is 1. The summed E-state index contributed by atoms with van der Waals surface area (Å²) >= 11 is 1.38. The Bertz CT molecular complexity index is 1200. The van der Waals surface area contributed by atoms with Crippen LogP contribution in [0, 0.1) is 12.7 Å². The van der Waals surface area contributed by atoms with Crippen molar-refractivity contribution in [3.63, 3.8) is 0 Å². The van der Waals surface area contributed by atoms with E-state index >= 15 is 0 Å². The molecular formula is C22H19FN2O3S2. The van der Waals surface area contributed by atoms with Crippen molar-refractivity contribution in [2.45, 2.75) is 23.3 Å². The van der Waals surface area contributed by atoms with Crippen LogP contribution in [0.15, 0.2) is 75.6 Å². The second-order valence-electron chi connectivity index (χ2n) is 6.40. The smallest absolute Gasteiger partial charge is 0.261 e. The lowest BCUT2D eigenvalue weighted by molar-refractivity contribution is 0.0955. The molecular weight excluding hydrogens is 423 g/mol. The van der Waals surface area contributed by atoms with E-state index < -0.39 is 15.7 Å². The second kappa shape index (κ2) is 9.15. The fraction of sp³-hybridized carbons (Fsp3) is 0.0909. The van der Waals surface area contributed by atoms with Crippen molar-refractivity contribution in [2.24, 2.45) is 4.99 Å². The maximum absolute atomic E-state index is 13.0. The molecule has 0 saturated heterocycles. The number of aryl methyl sites for hydroxylation is 1. The number of hydrogen-bond acceptors (Lipinski definition) is 5. The summed E-state index contributed by atoms with van der Waals surface area (Å²) in [6, 6.07) is 12.7. The monoisotopic (exact) mass is 442 g/mol. The Balaban J connectivity index is 1.67. The van der Waals surface area contributed by atoms with Crippen LogP contribution in [0.3, 0.4) is 0 Å². The van der Waals surface area contributed by atoms with Crippen LogP contribution < -0.4 is 5.32 Å².